The molecule has 130 valence electrons. The molecule has 0 aromatic heterocycles. The molecule has 24 heavy (non-hydrogen) atoms. The van der Waals surface area contributed by atoms with Crippen LogP contribution in [0.3, 0.4) is 0 Å². The predicted octanol–water partition coefficient (Wildman–Crippen LogP) is 2.17. The molecule has 0 amide bonds. The van der Waals surface area contributed by atoms with E-state index in [4.69, 9.17) is 9.73 Å². The van der Waals surface area contributed by atoms with Crippen molar-refractivity contribution in [3.05, 3.63) is 39.9 Å². The number of aliphatic imine (C=N–C) groups is 1. The van der Waals surface area contributed by atoms with Crippen LogP contribution in [0.5, 0.6) is 0 Å². The van der Waals surface area contributed by atoms with Crippen LogP contribution in [0.2, 0.25) is 0 Å². The van der Waals surface area contributed by atoms with E-state index in [0.29, 0.717) is 12.0 Å². The van der Waals surface area contributed by atoms with Crippen molar-refractivity contribution in [3.63, 3.8) is 0 Å². The standard InChI is InChI=1S/C17H24N4O3/c1-2-18-16(20-9-7-17(12-20)8-10-24-13-17)19-11-14-3-5-15(6-4-14)21(22)23/h3-6H,2,7-13H2,1H3,(H,18,19). The van der Waals surface area contributed by atoms with Crippen LogP contribution in [-0.4, -0.2) is 48.6 Å². The molecular formula is C17H24N4O3. The van der Waals surface area contributed by atoms with Gasteiger partial charge in [0.1, 0.15) is 0 Å². The summed E-state index contributed by atoms with van der Waals surface area (Å²) in [5.41, 5.74) is 1.37. The fourth-order valence-corrected chi connectivity index (χ4v) is 3.40. The molecule has 1 unspecified atom stereocenters. The van der Waals surface area contributed by atoms with Crippen molar-refractivity contribution in [2.75, 3.05) is 32.8 Å². The Morgan fingerprint density at radius 3 is 2.83 bits per heavy atom. The summed E-state index contributed by atoms with van der Waals surface area (Å²) in [7, 11) is 0. The first-order chi connectivity index (χ1) is 11.6. The highest BCUT2D eigenvalue weighted by molar-refractivity contribution is 5.80. The first-order valence-electron chi connectivity index (χ1n) is 8.46. The number of hydrogen-bond acceptors (Lipinski definition) is 4. The van der Waals surface area contributed by atoms with Crippen molar-refractivity contribution in [1.29, 1.82) is 0 Å². The number of nitro groups is 1. The lowest BCUT2D eigenvalue weighted by Crippen LogP contribution is -2.41. The summed E-state index contributed by atoms with van der Waals surface area (Å²) in [4.78, 5) is 17.4. The van der Waals surface area contributed by atoms with Gasteiger partial charge in [0.05, 0.1) is 18.1 Å². The smallest absolute Gasteiger partial charge is 0.269 e. The van der Waals surface area contributed by atoms with Gasteiger partial charge in [-0.3, -0.25) is 10.1 Å². The van der Waals surface area contributed by atoms with E-state index in [2.05, 4.69) is 17.1 Å². The second kappa shape index (κ2) is 7.17. The number of benzene rings is 1. The van der Waals surface area contributed by atoms with E-state index in [-0.39, 0.29) is 10.6 Å². The molecule has 2 fully saturated rings. The average molecular weight is 332 g/mol. The normalized spacial score (nSPS) is 23.9. The lowest BCUT2D eigenvalue weighted by atomic mass is 9.87. The highest BCUT2D eigenvalue weighted by atomic mass is 16.6. The van der Waals surface area contributed by atoms with Gasteiger partial charge in [0.25, 0.3) is 5.69 Å². The highest BCUT2D eigenvalue weighted by Gasteiger charge is 2.42. The Balaban J connectivity index is 1.66. The predicted molar refractivity (Wildman–Crippen MR) is 92.0 cm³/mol. The van der Waals surface area contributed by atoms with Crippen LogP contribution in [0.1, 0.15) is 25.3 Å². The minimum absolute atomic E-state index is 0.109. The third-order valence-electron chi connectivity index (χ3n) is 4.82. The molecule has 0 aliphatic carbocycles. The van der Waals surface area contributed by atoms with Crippen molar-refractivity contribution in [2.45, 2.75) is 26.3 Å². The van der Waals surface area contributed by atoms with Crippen LogP contribution >= 0.6 is 0 Å². The quantitative estimate of drug-likeness (QED) is 0.396. The molecule has 2 aliphatic rings. The first-order valence-corrected chi connectivity index (χ1v) is 8.46. The molecule has 0 saturated carbocycles. The van der Waals surface area contributed by atoms with E-state index in [1.165, 1.54) is 12.1 Å². The van der Waals surface area contributed by atoms with Crippen LogP contribution in [0, 0.1) is 15.5 Å². The minimum atomic E-state index is -0.384. The zero-order valence-electron chi connectivity index (χ0n) is 14.0. The second-order valence-corrected chi connectivity index (χ2v) is 6.57. The Labute approximate surface area is 141 Å². The molecule has 7 nitrogen and oxygen atoms in total. The second-order valence-electron chi connectivity index (χ2n) is 6.57. The summed E-state index contributed by atoms with van der Waals surface area (Å²) in [5.74, 6) is 0.916. The Bertz CT molecular complexity index is 609. The summed E-state index contributed by atoms with van der Waals surface area (Å²) in [6, 6.07) is 6.58. The van der Waals surface area contributed by atoms with Crippen LogP contribution in [0.25, 0.3) is 0 Å². The topological polar surface area (TPSA) is 80.0 Å². The summed E-state index contributed by atoms with van der Waals surface area (Å²) in [5, 5.41) is 14.1. The zero-order chi connectivity index (χ0) is 17.0. The molecule has 2 heterocycles. The van der Waals surface area contributed by atoms with E-state index < -0.39 is 0 Å². The summed E-state index contributed by atoms with van der Waals surface area (Å²) >= 11 is 0. The van der Waals surface area contributed by atoms with Gasteiger partial charge >= 0.3 is 0 Å². The number of likely N-dealkylation sites (tertiary alicyclic amines) is 1. The van der Waals surface area contributed by atoms with Gasteiger partial charge in [-0.25, -0.2) is 4.99 Å². The maximum Gasteiger partial charge on any atom is 0.269 e. The number of non-ortho nitro benzene ring substituents is 1. The van der Waals surface area contributed by atoms with Gasteiger partial charge < -0.3 is 15.0 Å². The van der Waals surface area contributed by atoms with Crippen molar-refractivity contribution in [2.24, 2.45) is 10.4 Å². The number of ether oxygens (including phenoxy) is 1. The molecule has 1 aromatic rings. The van der Waals surface area contributed by atoms with E-state index in [1.807, 2.05) is 0 Å². The fourth-order valence-electron chi connectivity index (χ4n) is 3.40. The van der Waals surface area contributed by atoms with Crippen LogP contribution in [0.15, 0.2) is 29.3 Å². The van der Waals surface area contributed by atoms with Crippen LogP contribution in [-0.2, 0) is 11.3 Å². The summed E-state index contributed by atoms with van der Waals surface area (Å²) in [6.07, 6.45) is 2.28. The summed E-state index contributed by atoms with van der Waals surface area (Å²) < 4.78 is 5.59. The molecule has 7 heteroatoms. The minimum Gasteiger partial charge on any atom is -0.381 e. The van der Waals surface area contributed by atoms with Crippen LogP contribution < -0.4 is 5.32 Å². The molecule has 1 N–H and O–H groups in total. The molecule has 1 atom stereocenters. The molecule has 1 aromatic carbocycles. The Hall–Kier alpha value is -2.15. The Kier molecular flexibility index (Phi) is 4.99. The van der Waals surface area contributed by atoms with Gasteiger partial charge in [0.15, 0.2) is 5.96 Å². The number of guanidine groups is 1. The zero-order valence-corrected chi connectivity index (χ0v) is 14.0. The molecule has 2 saturated heterocycles. The van der Waals surface area contributed by atoms with Crippen molar-refractivity contribution < 1.29 is 9.66 Å². The van der Waals surface area contributed by atoms with Crippen molar-refractivity contribution in [1.82, 2.24) is 10.2 Å². The molecule has 3 rings (SSSR count). The Morgan fingerprint density at radius 1 is 1.42 bits per heavy atom. The number of hydrogen-bond donors (Lipinski definition) is 1. The maximum atomic E-state index is 10.7. The van der Waals surface area contributed by atoms with Gasteiger partial charge in [-0.05, 0) is 25.3 Å². The van der Waals surface area contributed by atoms with Gasteiger partial charge in [0, 0.05) is 43.8 Å². The van der Waals surface area contributed by atoms with E-state index >= 15 is 0 Å². The van der Waals surface area contributed by atoms with Gasteiger partial charge in [-0.15, -0.1) is 0 Å². The van der Waals surface area contributed by atoms with Gasteiger partial charge in [0.2, 0.25) is 0 Å². The SMILES string of the molecule is CCNC(=NCc1ccc([N+](=O)[O-])cc1)N1CCC2(CCOC2)C1. The molecule has 2 aliphatic heterocycles. The molecule has 0 radical (unpaired) electrons. The first kappa shape index (κ1) is 16.7. The largest absolute Gasteiger partial charge is 0.381 e. The maximum absolute atomic E-state index is 10.7. The molecular weight excluding hydrogens is 308 g/mol. The number of rotatable bonds is 4. The highest BCUT2D eigenvalue weighted by Crippen LogP contribution is 2.38. The van der Waals surface area contributed by atoms with E-state index in [1.54, 1.807) is 12.1 Å². The third-order valence-corrected chi connectivity index (χ3v) is 4.82. The van der Waals surface area contributed by atoms with E-state index in [0.717, 1.165) is 57.2 Å². The number of nitrogens with zero attached hydrogens (tertiary/aromatic N) is 3. The molecule has 0 bridgehead atoms. The lowest BCUT2D eigenvalue weighted by molar-refractivity contribution is -0.384. The number of nitrogens with one attached hydrogen (secondary N) is 1. The lowest BCUT2D eigenvalue weighted by Gasteiger charge is -2.25. The monoisotopic (exact) mass is 332 g/mol. The van der Waals surface area contributed by atoms with Gasteiger partial charge in [-0.1, -0.05) is 12.1 Å². The van der Waals surface area contributed by atoms with Gasteiger partial charge in [-0.2, -0.15) is 0 Å². The number of nitro benzene ring substituents is 1. The van der Waals surface area contributed by atoms with Crippen molar-refractivity contribution >= 4 is 11.6 Å². The average Bonchev–Trinajstić information content (AvgIpc) is 3.22. The third kappa shape index (κ3) is 3.67. The summed E-state index contributed by atoms with van der Waals surface area (Å²) in [6.45, 7) is 7.09. The van der Waals surface area contributed by atoms with E-state index in [9.17, 15) is 10.1 Å². The molecule has 1 spiro atoms. The van der Waals surface area contributed by atoms with Crippen molar-refractivity contribution in [3.8, 4) is 0 Å². The van der Waals surface area contributed by atoms with Crippen LogP contribution in [0.4, 0.5) is 5.69 Å². The fraction of sp³-hybridized carbons (Fsp3) is 0.588. The Morgan fingerprint density at radius 2 is 2.21 bits per heavy atom.